The van der Waals surface area contributed by atoms with Crippen molar-refractivity contribution in [3.8, 4) is 0 Å². The van der Waals surface area contributed by atoms with Crippen LogP contribution in [0.1, 0.15) is 13.3 Å². The normalized spacial score (nSPS) is 12.9. The van der Waals surface area contributed by atoms with E-state index in [1.165, 1.54) is 0 Å². The molecule has 0 N–H and O–H groups in total. The van der Waals surface area contributed by atoms with Crippen LogP contribution >= 0.6 is 0 Å². The minimum absolute atomic E-state index is 0.133. The van der Waals surface area contributed by atoms with Crippen molar-refractivity contribution in [2.75, 3.05) is 0 Å². The van der Waals surface area contributed by atoms with Gasteiger partial charge in [0.1, 0.15) is 0 Å². The summed E-state index contributed by atoms with van der Waals surface area (Å²) in [4.78, 5) is 14.5. The number of hydrogen-bond acceptors (Lipinski definition) is 3. The summed E-state index contributed by atoms with van der Waals surface area (Å²) in [6.45, 7) is 2.61. The van der Waals surface area contributed by atoms with Gasteiger partial charge in [-0.25, -0.2) is 4.98 Å². The molecule has 15 heavy (non-hydrogen) atoms. The second-order valence-corrected chi connectivity index (χ2v) is 3.67. The first-order valence-corrected chi connectivity index (χ1v) is 5.03. The summed E-state index contributed by atoms with van der Waals surface area (Å²) in [5.41, 5.74) is 2.10. The minimum Gasteiger partial charge on any atom is -0.331 e. The monoisotopic (exact) mass is 203 g/mol. The summed E-state index contributed by atoms with van der Waals surface area (Å²) < 4.78 is 2.05. The first-order chi connectivity index (χ1) is 7.31. The Kier molecular flexibility index (Phi) is 2.76. The van der Waals surface area contributed by atoms with Crippen molar-refractivity contribution in [2.24, 2.45) is 5.18 Å². The lowest BCUT2D eigenvalue weighted by Crippen LogP contribution is -2.04. The van der Waals surface area contributed by atoms with E-state index in [1.54, 1.807) is 0 Å². The van der Waals surface area contributed by atoms with E-state index in [4.69, 9.17) is 0 Å². The third-order valence-corrected chi connectivity index (χ3v) is 2.50. The number of nitrogens with zero attached hydrogens (tertiary/aromatic N) is 3. The van der Waals surface area contributed by atoms with Crippen LogP contribution in [-0.2, 0) is 6.54 Å². The molecule has 0 saturated heterocycles. The zero-order chi connectivity index (χ0) is 10.7. The summed E-state index contributed by atoms with van der Waals surface area (Å²) in [5.74, 6) is 0. The van der Waals surface area contributed by atoms with Crippen LogP contribution in [0, 0.1) is 4.91 Å². The average Bonchev–Trinajstić information content (AvgIpc) is 2.69. The smallest absolute Gasteiger partial charge is 0.0958 e. The highest BCUT2D eigenvalue weighted by molar-refractivity contribution is 5.74. The van der Waals surface area contributed by atoms with E-state index in [-0.39, 0.29) is 6.04 Å². The maximum atomic E-state index is 10.3. The third kappa shape index (κ3) is 2.03. The molecule has 2 aromatic rings. The van der Waals surface area contributed by atoms with Crippen molar-refractivity contribution in [2.45, 2.75) is 25.9 Å². The van der Waals surface area contributed by atoms with Gasteiger partial charge >= 0.3 is 0 Å². The second-order valence-electron chi connectivity index (χ2n) is 3.67. The van der Waals surface area contributed by atoms with Crippen LogP contribution < -0.4 is 0 Å². The Balaban J connectivity index is 2.18. The number of aromatic nitrogens is 2. The molecule has 1 aromatic heterocycles. The standard InChI is InChI=1S/C11H13N3O/c1-9(13-15)6-7-14-8-12-10-4-2-3-5-11(10)14/h2-5,8-9H,6-7H2,1H3. The number of rotatable bonds is 4. The maximum absolute atomic E-state index is 10.3. The number of hydrogen-bond donors (Lipinski definition) is 0. The molecule has 2 rings (SSSR count). The Morgan fingerprint density at radius 1 is 1.47 bits per heavy atom. The number of imidazole rings is 1. The molecule has 0 aliphatic heterocycles. The zero-order valence-electron chi connectivity index (χ0n) is 8.63. The molecule has 0 bridgehead atoms. The van der Waals surface area contributed by atoms with E-state index in [2.05, 4.69) is 14.7 Å². The van der Waals surface area contributed by atoms with Gasteiger partial charge in [-0.1, -0.05) is 17.3 Å². The van der Waals surface area contributed by atoms with E-state index in [0.29, 0.717) is 0 Å². The van der Waals surface area contributed by atoms with E-state index < -0.39 is 0 Å². The zero-order valence-corrected chi connectivity index (χ0v) is 8.63. The van der Waals surface area contributed by atoms with Gasteiger partial charge < -0.3 is 4.57 Å². The minimum atomic E-state index is -0.133. The molecule has 0 amide bonds. The number of nitroso groups, excluding NO2 is 1. The Bertz CT molecular complexity index is 464. The first kappa shape index (κ1) is 9.83. The summed E-state index contributed by atoms with van der Waals surface area (Å²) in [6.07, 6.45) is 2.56. The molecule has 0 saturated carbocycles. The third-order valence-electron chi connectivity index (χ3n) is 2.50. The highest BCUT2D eigenvalue weighted by Crippen LogP contribution is 2.12. The molecule has 0 spiro atoms. The first-order valence-electron chi connectivity index (χ1n) is 5.03. The van der Waals surface area contributed by atoms with Gasteiger partial charge in [-0.3, -0.25) is 0 Å². The topological polar surface area (TPSA) is 47.2 Å². The van der Waals surface area contributed by atoms with Gasteiger partial charge in [-0.2, -0.15) is 4.91 Å². The van der Waals surface area contributed by atoms with Crippen molar-refractivity contribution >= 4 is 11.0 Å². The molecule has 4 heteroatoms. The van der Waals surface area contributed by atoms with E-state index in [0.717, 1.165) is 24.0 Å². The Morgan fingerprint density at radius 2 is 2.27 bits per heavy atom. The van der Waals surface area contributed by atoms with Crippen molar-refractivity contribution in [1.29, 1.82) is 0 Å². The van der Waals surface area contributed by atoms with Crippen LogP contribution in [0.2, 0.25) is 0 Å². The molecule has 1 unspecified atom stereocenters. The molecule has 78 valence electrons. The number of para-hydroxylation sites is 2. The van der Waals surface area contributed by atoms with Crippen LogP contribution in [-0.4, -0.2) is 15.6 Å². The van der Waals surface area contributed by atoms with Crippen molar-refractivity contribution < 1.29 is 0 Å². The molecule has 1 heterocycles. The van der Waals surface area contributed by atoms with Gasteiger partial charge in [0.15, 0.2) is 0 Å². The molecule has 1 atom stereocenters. The SMILES string of the molecule is CC(CCn1cnc2ccccc21)N=O. The lowest BCUT2D eigenvalue weighted by atomic mass is 10.2. The van der Waals surface area contributed by atoms with Crippen molar-refractivity contribution in [3.63, 3.8) is 0 Å². The van der Waals surface area contributed by atoms with Gasteiger partial charge in [0.05, 0.1) is 23.4 Å². The molecule has 1 aromatic carbocycles. The van der Waals surface area contributed by atoms with Crippen LogP contribution in [0.4, 0.5) is 0 Å². The second kappa shape index (κ2) is 4.21. The molecule has 0 aliphatic carbocycles. The lowest BCUT2D eigenvalue weighted by Gasteiger charge is -2.04. The van der Waals surface area contributed by atoms with E-state index in [1.807, 2.05) is 37.5 Å². The van der Waals surface area contributed by atoms with Crippen LogP contribution in [0.25, 0.3) is 11.0 Å². The Morgan fingerprint density at radius 3 is 3.07 bits per heavy atom. The predicted octanol–water partition coefficient (Wildman–Crippen LogP) is 2.58. The van der Waals surface area contributed by atoms with Crippen molar-refractivity contribution in [3.05, 3.63) is 35.5 Å². The fourth-order valence-electron chi connectivity index (χ4n) is 1.57. The summed E-state index contributed by atoms with van der Waals surface area (Å²) in [5, 5.41) is 2.98. The van der Waals surface area contributed by atoms with E-state index in [9.17, 15) is 4.91 Å². The lowest BCUT2D eigenvalue weighted by molar-refractivity contribution is 0.579. The van der Waals surface area contributed by atoms with Crippen LogP contribution in [0.5, 0.6) is 0 Å². The van der Waals surface area contributed by atoms with Gasteiger partial charge in [0.25, 0.3) is 0 Å². The summed E-state index contributed by atoms with van der Waals surface area (Å²) in [7, 11) is 0. The van der Waals surface area contributed by atoms with Gasteiger partial charge in [-0.05, 0) is 25.5 Å². The number of aryl methyl sites for hydroxylation is 1. The molecule has 0 aliphatic rings. The molecular formula is C11H13N3O. The summed E-state index contributed by atoms with van der Waals surface area (Å²) in [6, 6.07) is 7.83. The number of fused-ring (bicyclic) bond motifs is 1. The van der Waals surface area contributed by atoms with Gasteiger partial charge in [-0.15, -0.1) is 0 Å². The molecular weight excluding hydrogens is 190 g/mol. The highest BCUT2D eigenvalue weighted by atomic mass is 16.3. The largest absolute Gasteiger partial charge is 0.331 e. The highest BCUT2D eigenvalue weighted by Gasteiger charge is 2.04. The summed E-state index contributed by atoms with van der Waals surface area (Å²) >= 11 is 0. The van der Waals surface area contributed by atoms with Crippen LogP contribution in [0.15, 0.2) is 35.8 Å². The maximum Gasteiger partial charge on any atom is 0.0958 e. The van der Waals surface area contributed by atoms with Gasteiger partial charge in [0.2, 0.25) is 0 Å². The van der Waals surface area contributed by atoms with Crippen molar-refractivity contribution in [1.82, 2.24) is 9.55 Å². The van der Waals surface area contributed by atoms with E-state index >= 15 is 0 Å². The molecule has 0 radical (unpaired) electrons. The predicted molar refractivity (Wildman–Crippen MR) is 59.6 cm³/mol. The number of benzene rings is 1. The average molecular weight is 203 g/mol. The van der Waals surface area contributed by atoms with Gasteiger partial charge in [0, 0.05) is 6.54 Å². The fraction of sp³-hybridized carbons (Fsp3) is 0.364. The molecule has 0 fully saturated rings. The van der Waals surface area contributed by atoms with Crippen LogP contribution in [0.3, 0.4) is 0 Å². The molecule has 4 nitrogen and oxygen atoms in total. The fourth-order valence-corrected chi connectivity index (χ4v) is 1.57. The Labute approximate surface area is 87.9 Å². The quantitative estimate of drug-likeness (QED) is 0.717. The Hall–Kier alpha value is -1.71.